The van der Waals surface area contributed by atoms with Crippen molar-refractivity contribution >= 4 is 0 Å². The number of benzene rings is 1. The van der Waals surface area contributed by atoms with E-state index >= 15 is 0 Å². The first-order valence-corrected chi connectivity index (χ1v) is 8.44. The zero-order valence-corrected chi connectivity index (χ0v) is 13.7. The van der Waals surface area contributed by atoms with Crippen LogP contribution in [-0.4, -0.2) is 55.1 Å². The van der Waals surface area contributed by atoms with Crippen LogP contribution in [0, 0.1) is 0 Å². The number of fused-ring (bicyclic) bond motifs is 1. The first-order chi connectivity index (χ1) is 10.2. The van der Waals surface area contributed by atoms with Crippen LogP contribution >= 0.6 is 0 Å². The van der Waals surface area contributed by atoms with Crippen molar-refractivity contribution < 1.29 is 0 Å². The van der Waals surface area contributed by atoms with E-state index in [4.69, 9.17) is 0 Å². The highest BCUT2D eigenvalue weighted by Crippen LogP contribution is 2.33. The standard InChI is InChI=1S/C18H29N3/c1-14(2)20-10-12-21(13-11-20)17-9-8-15-6-4-5-7-16(15)18(17)19-3/h4-7,14,17-19H,8-13H2,1-3H3. The lowest BCUT2D eigenvalue weighted by atomic mass is 9.83. The Kier molecular flexibility index (Phi) is 4.63. The van der Waals surface area contributed by atoms with Crippen LogP contribution in [0.25, 0.3) is 0 Å². The molecule has 2 aliphatic rings. The normalized spacial score (nSPS) is 27.8. The molecule has 1 aliphatic carbocycles. The van der Waals surface area contributed by atoms with E-state index in [0.717, 1.165) is 0 Å². The van der Waals surface area contributed by atoms with Crippen molar-refractivity contribution in [2.45, 2.75) is 44.8 Å². The molecule has 1 aromatic rings. The molecule has 1 fully saturated rings. The third-order valence-corrected chi connectivity index (χ3v) is 5.34. The summed E-state index contributed by atoms with van der Waals surface area (Å²) in [5.41, 5.74) is 3.05. The van der Waals surface area contributed by atoms with Crippen molar-refractivity contribution in [1.82, 2.24) is 15.1 Å². The van der Waals surface area contributed by atoms with Gasteiger partial charge in [-0.25, -0.2) is 0 Å². The average Bonchev–Trinajstić information content (AvgIpc) is 2.53. The van der Waals surface area contributed by atoms with Crippen LogP contribution in [-0.2, 0) is 6.42 Å². The number of aryl methyl sites for hydroxylation is 1. The molecule has 0 radical (unpaired) electrons. The van der Waals surface area contributed by atoms with Crippen LogP contribution < -0.4 is 5.32 Å². The van der Waals surface area contributed by atoms with Crippen molar-refractivity contribution in [1.29, 1.82) is 0 Å². The number of nitrogens with one attached hydrogen (secondary N) is 1. The largest absolute Gasteiger partial charge is 0.312 e. The van der Waals surface area contributed by atoms with Gasteiger partial charge in [-0.2, -0.15) is 0 Å². The van der Waals surface area contributed by atoms with Crippen LogP contribution in [0.1, 0.15) is 37.4 Å². The van der Waals surface area contributed by atoms with Gasteiger partial charge in [-0.3, -0.25) is 9.80 Å². The highest BCUT2D eigenvalue weighted by atomic mass is 15.3. The summed E-state index contributed by atoms with van der Waals surface area (Å²) in [5.74, 6) is 0. The molecule has 116 valence electrons. The molecule has 2 atom stereocenters. The third-order valence-electron chi connectivity index (χ3n) is 5.34. The first-order valence-electron chi connectivity index (χ1n) is 8.44. The van der Waals surface area contributed by atoms with Gasteiger partial charge in [0.25, 0.3) is 0 Å². The minimum atomic E-state index is 0.487. The Morgan fingerprint density at radius 2 is 1.81 bits per heavy atom. The van der Waals surface area contributed by atoms with Crippen LogP contribution in [0.15, 0.2) is 24.3 Å². The number of nitrogens with zero attached hydrogens (tertiary/aromatic N) is 2. The molecule has 3 heteroatoms. The molecule has 0 aromatic heterocycles. The fraction of sp³-hybridized carbons (Fsp3) is 0.667. The van der Waals surface area contributed by atoms with Gasteiger partial charge in [-0.05, 0) is 44.9 Å². The Morgan fingerprint density at radius 3 is 2.48 bits per heavy atom. The van der Waals surface area contributed by atoms with Crippen LogP contribution in [0.5, 0.6) is 0 Å². The summed E-state index contributed by atoms with van der Waals surface area (Å²) in [4.78, 5) is 5.32. The maximum atomic E-state index is 3.59. The van der Waals surface area contributed by atoms with Crippen molar-refractivity contribution in [2.75, 3.05) is 33.2 Å². The molecule has 0 bridgehead atoms. The molecule has 1 N–H and O–H groups in total. The molecule has 3 nitrogen and oxygen atoms in total. The number of piperazine rings is 1. The fourth-order valence-corrected chi connectivity index (χ4v) is 4.07. The molecular formula is C18H29N3. The Morgan fingerprint density at radius 1 is 1.10 bits per heavy atom. The summed E-state index contributed by atoms with van der Waals surface area (Å²) in [6.07, 6.45) is 2.51. The smallest absolute Gasteiger partial charge is 0.0478 e. The molecule has 0 spiro atoms. The molecule has 1 heterocycles. The topological polar surface area (TPSA) is 18.5 Å². The van der Waals surface area contributed by atoms with Crippen LogP contribution in [0.3, 0.4) is 0 Å². The second kappa shape index (κ2) is 6.47. The number of likely N-dealkylation sites (N-methyl/N-ethyl adjacent to an activating group) is 1. The van der Waals surface area contributed by atoms with E-state index in [2.05, 4.69) is 60.3 Å². The van der Waals surface area contributed by atoms with Gasteiger partial charge in [0, 0.05) is 44.3 Å². The van der Waals surface area contributed by atoms with Crippen molar-refractivity contribution in [3.8, 4) is 0 Å². The summed E-state index contributed by atoms with van der Waals surface area (Å²) in [6, 6.07) is 10.8. The number of hydrogen-bond acceptors (Lipinski definition) is 3. The molecule has 0 amide bonds. The number of rotatable bonds is 3. The highest BCUT2D eigenvalue weighted by molar-refractivity contribution is 5.34. The van der Waals surface area contributed by atoms with Gasteiger partial charge in [0.2, 0.25) is 0 Å². The minimum Gasteiger partial charge on any atom is -0.312 e. The minimum absolute atomic E-state index is 0.487. The summed E-state index contributed by atoms with van der Waals surface area (Å²) in [7, 11) is 2.12. The average molecular weight is 287 g/mol. The SMILES string of the molecule is CNC1c2ccccc2CCC1N1CCN(C(C)C)CC1. The Hall–Kier alpha value is -0.900. The van der Waals surface area contributed by atoms with E-state index in [1.807, 2.05) is 0 Å². The molecule has 1 aromatic carbocycles. The molecule has 2 unspecified atom stereocenters. The van der Waals surface area contributed by atoms with Gasteiger partial charge >= 0.3 is 0 Å². The van der Waals surface area contributed by atoms with Gasteiger partial charge < -0.3 is 5.32 Å². The van der Waals surface area contributed by atoms with E-state index < -0.39 is 0 Å². The first kappa shape index (κ1) is 15.0. The van der Waals surface area contributed by atoms with Gasteiger partial charge in [0.05, 0.1) is 0 Å². The summed E-state index contributed by atoms with van der Waals surface area (Å²) < 4.78 is 0. The molecule has 1 aliphatic heterocycles. The molecule has 3 rings (SSSR count). The molecule has 21 heavy (non-hydrogen) atoms. The Labute approximate surface area is 129 Å². The summed E-state index contributed by atoms with van der Waals surface area (Å²) in [6.45, 7) is 9.47. The zero-order chi connectivity index (χ0) is 14.8. The predicted molar refractivity (Wildman–Crippen MR) is 88.6 cm³/mol. The quantitative estimate of drug-likeness (QED) is 0.920. The van der Waals surface area contributed by atoms with Gasteiger partial charge in [-0.1, -0.05) is 24.3 Å². The molecule has 1 saturated heterocycles. The zero-order valence-electron chi connectivity index (χ0n) is 13.7. The molecular weight excluding hydrogens is 258 g/mol. The van der Waals surface area contributed by atoms with Gasteiger partial charge in [0.1, 0.15) is 0 Å². The van der Waals surface area contributed by atoms with E-state index in [9.17, 15) is 0 Å². The second-order valence-corrected chi connectivity index (χ2v) is 6.74. The Balaban J connectivity index is 1.72. The number of hydrogen-bond donors (Lipinski definition) is 1. The summed E-state index contributed by atoms with van der Waals surface area (Å²) in [5, 5.41) is 3.59. The summed E-state index contributed by atoms with van der Waals surface area (Å²) >= 11 is 0. The van der Waals surface area contributed by atoms with E-state index in [1.54, 1.807) is 0 Å². The van der Waals surface area contributed by atoms with Crippen molar-refractivity contribution in [3.63, 3.8) is 0 Å². The van der Waals surface area contributed by atoms with Gasteiger partial charge in [0.15, 0.2) is 0 Å². The lowest BCUT2D eigenvalue weighted by molar-refractivity contribution is 0.0581. The highest BCUT2D eigenvalue weighted by Gasteiger charge is 2.34. The monoisotopic (exact) mass is 287 g/mol. The van der Waals surface area contributed by atoms with Crippen LogP contribution in [0.4, 0.5) is 0 Å². The second-order valence-electron chi connectivity index (χ2n) is 6.74. The van der Waals surface area contributed by atoms with Crippen LogP contribution in [0.2, 0.25) is 0 Å². The van der Waals surface area contributed by atoms with Crippen molar-refractivity contribution in [3.05, 3.63) is 35.4 Å². The van der Waals surface area contributed by atoms with E-state index in [-0.39, 0.29) is 0 Å². The fourth-order valence-electron chi connectivity index (χ4n) is 4.07. The lowest BCUT2D eigenvalue weighted by Gasteiger charge is -2.45. The maximum absolute atomic E-state index is 3.59. The van der Waals surface area contributed by atoms with E-state index in [1.165, 1.54) is 50.1 Å². The predicted octanol–water partition coefficient (Wildman–Crippen LogP) is 2.29. The van der Waals surface area contributed by atoms with Gasteiger partial charge in [-0.15, -0.1) is 0 Å². The Bertz CT molecular complexity index is 463. The third kappa shape index (κ3) is 3.01. The lowest BCUT2D eigenvalue weighted by Crippen LogP contribution is -2.55. The van der Waals surface area contributed by atoms with E-state index in [0.29, 0.717) is 18.1 Å². The van der Waals surface area contributed by atoms with Crippen molar-refractivity contribution in [2.24, 2.45) is 0 Å². The molecule has 0 saturated carbocycles. The maximum Gasteiger partial charge on any atom is 0.0478 e.